The van der Waals surface area contributed by atoms with Crippen LogP contribution >= 0.6 is 11.3 Å². The van der Waals surface area contributed by atoms with Gasteiger partial charge >= 0.3 is 0 Å². The number of hydrogen-bond acceptors (Lipinski definition) is 6. The first-order valence-electron chi connectivity index (χ1n) is 11.7. The van der Waals surface area contributed by atoms with Crippen LogP contribution in [0.25, 0.3) is 0 Å². The fourth-order valence-electron chi connectivity index (χ4n) is 5.25. The van der Waals surface area contributed by atoms with Gasteiger partial charge in [-0.25, -0.2) is 0 Å². The van der Waals surface area contributed by atoms with Gasteiger partial charge in [0.05, 0.1) is 17.9 Å². The van der Waals surface area contributed by atoms with Gasteiger partial charge in [0.1, 0.15) is 6.04 Å². The normalized spacial score (nSPS) is 23.5. The first kappa shape index (κ1) is 22.3. The third kappa shape index (κ3) is 4.37. The summed E-state index contributed by atoms with van der Waals surface area (Å²) in [7, 11) is 2.12. The first-order valence-corrected chi connectivity index (χ1v) is 12.6. The molecule has 0 bridgehead atoms. The van der Waals surface area contributed by atoms with E-state index in [-0.39, 0.29) is 17.1 Å². The standard InChI is InChI=1S/C26H32N4O2S/c1-26(2)15-19-24(21(31)16-26)25(22-9-6-14-33-22)30(20-8-5-4-7-18(20)27-19)23(32)17-29-12-10-28(3)11-13-29/h4-9,14,25,27H,10-13,15-17H2,1-3H3. The van der Waals surface area contributed by atoms with Crippen LogP contribution in [0.3, 0.4) is 0 Å². The Morgan fingerprint density at radius 1 is 1.09 bits per heavy atom. The predicted molar refractivity (Wildman–Crippen MR) is 134 cm³/mol. The van der Waals surface area contributed by atoms with Crippen molar-refractivity contribution in [2.24, 2.45) is 5.41 Å². The van der Waals surface area contributed by atoms with Crippen LogP contribution in [0.4, 0.5) is 11.4 Å². The van der Waals surface area contributed by atoms with Crippen LogP contribution in [-0.2, 0) is 9.59 Å². The number of para-hydroxylation sites is 2. The van der Waals surface area contributed by atoms with Crippen molar-refractivity contribution < 1.29 is 9.59 Å². The van der Waals surface area contributed by atoms with E-state index in [4.69, 9.17) is 0 Å². The van der Waals surface area contributed by atoms with Crippen LogP contribution < -0.4 is 10.2 Å². The Morgan fingerprint density at radius 3 is 2.58 bits per heavy atom. The number of nitrogens with one attached hydrogen (secondary N) is 1. The minimum atomic E-state index is -0.403. The largest absolute Gasteiger partial charge is 0.357 e. The first-order chi connectivity index (χ1) is 15.8. The Labute approximate surface area is 199 Å². The number of thiophene rings is 1. The number of amides is 1. The van der Waals surface area contributed by atoms with Gasteiger partial charge < -0.3 is 10.2 Å². The Morgan fingerprint density at radius 2 is 1.85 bits per heavy atom. The molecule has 6 nitrogen and oxygen atoms in total. The summed E-state index contributed by atoms with van der Waals surface area (Å²) in [4.78, 5) is 35.0. The van der Waals surface area contributed by atoms with Gasteiger partial charge in [-0.15, -0.1) is 11.3 Å². The maximum Gasteiger partial charge on any atom is 0.242 e. The fraction of sp³-hybridized carbons (Fsp3) is 0.462. The summed E-state index contributed by atoms with van der Waals surface area (Å²) in [5.41, 5.74) is 3.32. The number of ketones is 1. The number of piperazine rings is 1. The van der Waals surface area contributed by atoms with Crippen molar-refractivity contribution in [3.8, 4) is 0 Å². The Bertz CT molecular complexity index is 1080. The summed E-state index contributed by atoms with van der Waals surface area (Å²) in [6, 6.07) is 11.6. The van der Waals surface area contributed by atoms with Crippen LogP contribution in [0.5, 0.6) is 0 Å². The lowest BCUT2D eigenvalue weighted by Crippen LogP contribution is -2.50. The smallest absolute Gasteiger partial charge is 0.242 e. The van der Waals surface area contributed by atoms with E-state index < -0.39 is 6.04 Å². The predicted octanol–water partition coefficient (Wildman–Crippen LogP) is 4.14. The summed E-state index contributed by atoms with van der Waals surface area (Å²) >= 11 is 1.61. The van der Waals surface area contributed by atoms with Crippen molar-refractivity contribution in [3.63, 3.8) is 0 Å². The van der Waals surface area contributed by atoms with E-state index in [1.54, 1.807) is 11.3 Å². The van der Waals surface area contributed by atoms with E-state index in [9.17, 15) is 9.59 Å². The molecule has 1 aromatic heterocycles. The van der Waals surface area contributed by atoms with E-state index >= 15 is 0 Å². The molecule has 7 heteroatoms. The Balaban J connectivity index is 1.61. The summed E-state index contributed by atoms with van der Waals surface area (Å²) in [6.45, 7) is 8.31. The average Bonchev–Trinajstić information content (AvgIpc) is 3.24. The average molecular weight is 465 g/mol. The minimum Gasteiger partial charge on any atom is -0.357 e. The monoisotopic (exact) mass is 464 g/mol. The van der Waals surface area contributed by atoms with Gasteiger partial charge in [-0.05, 0) is 42.5 Å². The molecule has 1 unspecified atom stereocenters. The highest BCUT2D eigenvalue weighted by Gasteiger charge is 2.43. The van der Waals surface area contributed by atoms with E-state index in [1.807, 2.05) is 40.6 Å². The lowest BCUT2D eigenvalue weighted by molar-refractivity contribution is -0.120. The molecule has 0 spiro atoms. The third-order valence-electron chi connectivity index (χ3n) is 6.94. The zero-order valence-corrected chi connectivity index (χ0v) is 20.5. The lowest BCUT2D eigenvalue weighted by Gasteiger charge is -2.38. The number of carbonyl (C=O) groups is 2. The van der Waals surface area contributed by atoms with Crippen molar-refractivity contribution in [1.29, 1.82) is 0 Å². The van der Waals surface area contributed by atoms with Gasteiger partial charge in [0.25, 0.3) is 0 Å². The maximum absolute atomic E-state index is 14.0. The number of allylic oxidation sites excluding steroid dienone is 1. The molecule has 0 radical (unpaired) electrons. The number of benzene rings is 1. The lowest BCUT2D eigenvalue weighted by atomic mass is 9.74. The second kappa shape index (κ2) is 8.70. The fourth-order valence-corrected chi connectivity index (χ4v) is 6.08. The number of hydrogen-bond donors (Lipinski definition) is 1. The number of anilines is 2. The second-order valence-electron chi connectivity index (χ2n) is 10.2. The Hall–Kier alpha value is -2.48. The molecule has 33 heavy (non-hydrogen) atoms. The van der Waals surface area contributed by atoms with Crippen molar-refractivity contribution in [2.45, 2.75) is 32.7 Å². The molecule has 2 aromatic rings. The van der Waals surface area contributed by atoms with E-state index in [2.05, 4.69) is 42.1 Å². The molecule has 3 heterocycles. The molecule has 1 atom stereocenters. The summed E-state index contributed by atoms with van der Waals surface area (Å²) in [6.07, 6.45) is 1.27. The van der Waals surface area contributed by atoms with Gasteiger partial charge in [-0.2, -0.15) is 0 Å². The molecule has 0 saturated carbocycles. The van der Waals surface area contributed by atoms with Crippen molar-refractivity contribution in [2.75, 3.05) is 50.0 Å². The van der Waals surface area contributed by atoms with Gasteiger partial charge in [0.2, 0.25) is 5.91 Å². The number of rotatable bonds is 3. The van der Waals surface area contributed by atoms with Crippen LogP contribution in [-0.4, -0.2) is 61.3 Å². The maximum atomic E-state index is 14.0. The highest BCUT2D eigenvalue weighted by Crippen LogP contribution is 2.49. The summed E-state index contributed by atoms with van der Waals surface area (Å²) in [5, 5.41) is 5.61. The third-order valence-corrected chi connectivity index (χ3v) is 7.86. The van der Waals surface area contributed by atoms with Crippen molar-refractivity contribution in [1.82, 2.24) is 9.80 Å². The molecule has 3 aliphatic rings. The molecule has 1 aromatic carbocycles. The van der Waals surface area contributed by atoms with E-state index in [0.717, 1.165) is 60.1 Å². The quantitative estimate of drug-likeness (QED) is 0.740. The van der Waals surface area contributed by atoms with Gasteiger partial charge in [0, 0.05) is 48.7 Å². The van der Waals surface area contributed by atoms with Crippen molar-refractivity contribution >= 4 is 34.4 Å². The topological polar surface area (TPSA) is 55.9 Å². The highest BCUT2D eigenvalue weighted by molar-refractivity contribution is 7.10. The number of Topliss-reactive ketones (excluding diaryl/α,β-unsaturated/α-hetero) is 1. The molecule has 1 saturated heterocycles. The number of likely N-dealkylation sites (N-methyl/N-ethyl adjacent to an activating group) is 1. The SMILES string of the molecule is CN1CCN(CC(=O)N2c3ccccc3NC3=C(C(=O)CC(C)(C)C3)C2c2cccs2)CC1. The van der Waals surface area contributed by atoms with E-state index in [1.165, 1.54) is 0 Å². The molecule has 1 fully saturated rings. The molecule has 1 N–H and O–H groups in total. The molecular weight excluding hydrogens is 432 g/mol. The molecule has 174 valence electrons. The van der Waals surface area contributed by atoms with Gasteiger partial charge in [0.15, 0.2) is 5.78 Å². The zero-order chi connectivity index (χ0) is 23.2. The molecule has 1 amide bonds. The highest BCUT2D eigenvalue weighted by atomic mass is 32.1. The molecule has 5 rings (SSSR count). The number of nitrogens with zero attached hydrogens (tertiary/aromatic N) is 3. The van der Waals surface area contributed by atoms with Crippen LogP contribution in [0.2, 0.25) is 0 Å². The second-order valence-corrected chi connectivity index (χ2v) is 11.2. The zero-order valence-electron chi connectivity index (χ0n) is 19.6. The van der Waals surface area contributed by atoms with Crippen LogP contribution in [0.1, 0.15) is 37.6 Å². The molecule has 1 aliphatic carbocycles. The number of fused-ring (bicyclic) bond motifs is 1. The summed E-state index contributed by atoms with van der Waals surface area (Å²) in [5.74, 6) is 0.177. The van der Waals surface area contributed by atoms with Gasteiger partial charge in [-0.1, -0.05) is 32.0 Å². The Kier molecular flexibility index (Phi) is 5.89. The van der Waals surface area contributed by atoms with Gasteiger partial charge in [-0.3, -0.25) is 19.4 Å². The van der Waals surface area contributed by atoms with Crippen LogP contribution in [0, 0.1) is 5.41 Å². The minimum absolute atomic E-state index is 0.0404. The van der Waals surface area contributed by atoms with Crippen LogP contribution in [0.15, 0.2) is 53.0 Å². The molecular formula is C26H32N4O2S. The van der Waals surface area contributed by atoms with Crippen molar-refractivity contribution in [3.05, 3.63) is 57.9 Å². The van der Waals surface area contributed by atoms with E-state index in [0.29, 0.717) is 13.0 Å². The number of carbonyl (C=O) groups excluding carboxylic acids is 2. The summed E-state index contributed by atoms with van der Waals surface area (Å²) < 4.78 is 0. The molecule has 2 aliphatic heterocycles.